The number of carbonyl (C=O) groups is 2. The number of hydrogen-bond donors (Lipinski definition) is 0. The monoisotopic (exact) mass is 631 g/mol. The number of benzene rings is 4. The minimum absolute atomic E-state index is 0.333. The second-order valence-electron chi connectivity index (χ2n) is 11.1. The smallest absolute Gasteiger partial charge is 0.266 e. The topological polar surface area (TPSA) is 97.5 Å². The Morgan fingerprint density at radius 2 is 1.24 bits per heavy atom. The van der Waals surface area contributed by atoms with E-state index in [9.17, 15) is 14.4 Å². The molecule has 1 aliphatic heterocycles. The predicted octanol–water partition coefficient (Wildman–Crippen LogP) is 7.79. The van der Waals surface area contributed by atoms with Gasteiger partial charge in [-0.25, -0.2) is 24.3 Å². The first-order valence-corrected chi connectivity index (χ1v) is 16.2. The molecule has 9 aromatic rings. The van der Waals surface area contributed by atoms with Crippen LogP contribution in [0.4, 0.5) is 5.69 Å². The van der Waals surface area contributed by atoms with Crippen LogP contribution in [0.5, 0.6) is 0 Å². The summed E-state index contributed by atoms with van der Waals surface area (Å²) in [7, 11) is 0. The highest BCUT2D eigenvalue weighted by Crippen LogP contribution is 2.40. The van der Waals surface area contributed by atoms with E-state index in [1.807, 2.05) is 77.5 Å². The lowest BCUT2D eigenvalue weighted by molar-refractivity contribution is 0.0893. The summed E-state index contributed by atoms with van der Waals surface area (Å²) in [4.78, 5) is 60.2. The van der Waals surface area contributed by atoms with Crippen molar-refractivity contribution in [3.8, 4) is 21.1 Å². The Labute approximate surface area is 266 Å². The number of hydrogen-bond acceptors (Lipinski definition) is 8. The summed E-state index contributed by atoms with van der Waals surface area (Å²) in [6.07, 6.45) is 0. The summed E-state index contributed by atoms with van der Waals surface area (Å²) >= 11 is 3.11. The minimum Gasteiger partial charge on any atom is -0.268 e. The number of aromatic nitrogens is 4. The van der Waals surface area contributed by atoms with Crippen molar-refractivity contribution in [2.75, 3.05) is 4.90 Å². The van der Waals surface area contributed by atoms with Crippen molar-refractivity contribution in [3.63, 3.8) is 0 Å². The highest BCUT2D eigenvalue weighted by Gasteiger charge is 2.36. The Balaban J connectivity index is 1.24. The van der Waals surface area contributed by atoms with Gasteiger partial charge < -0.3 is 0 Å². The maximum absolute atomic E-state index is 14.3. The van der Waals surface area contributed by atoms with Gasteiger partial charge in [-0.15, -0.1) is 22.7 Å². The Morgan fingerprint density at radius 1 is 0.565 bits per heavy atom. The third-order valence-electron chi connectivity index (χ3n) is 8.70. The molecule has 1 aliphatic rings. The molecule has 46 heavy (non-hydrogen) atoms. The molecule has 4 aromatic carbocycles. The lowest BCUT2D eigenvalue weighted by Crippen LogP contribution is -2.40. The number of anilines is 1. The van der Waals surface area contributed by atoms with Gasteiger partial charge in [-0.1, -0.05) is 42.5 Å². The van der Waals surface area contributed by atoms with Crippen LogP contribution in [0.1, 0.15) is 20.7 Å². The molecular weight excluding hydrogens is 615 g/mol. The molecule has 0 N–H and O–H groups in total. The molecule has 10 heteroatoms. The standard InChI is InChI=1S/C36H17N5O3S2/c42-34-23-12-11-21-27-22(13-14-24(28(23)27)35(43)40(34)20-10-9-18-5-1-2-6-19(18)17-20)36(44)41-32(21)39-31-33(41)38-30(26-8-4-16-46-26)29(37-31)25-7-3-15-45-25/h1-17H. The van der Waals surface area contributed by atoms with E-state index in [-0.39, 0.29) is 5.56 Å². The van der Waals surface area contributed by atoms with Gasteiger partial charge in [0.25, 0.3) is 17.4 Å². The van der Waals surface area contributed by atoms with E-state index in [0.29, 0.717) is 66.7 Å². The normalized spacial score (nSPS) is 13.3. The number of fused-ring (bicyclic) bond motifs is 5. The quantitative estimate of drug-likeness (QED) is 0.185. The fourth-order valence-corrected chi connectivity index (χ4v) is 8.09. The number of pyridine rings is 1. The molecule has 0 saturated heterocycles. The number of carbonyl (C=O) groups excluding carboxylic acids is 2. The number of nitrogens with zero attached hydrogens (tertiary/aromatic N) is 5. The van der Waals surface area contributed by atoms with Gasteiger partial charge >= 0.3 is 0 Å². The molecule has 216 valence electrons. The SMILES string of the molecule is O=C1c2ccc3c(=O)n4c5nc(-c6cccs6)c(-c6cccs6)nc5nc4c4ccc(c2c34)C(=O)N1c1ccc2ccccc2c1. The van der Waals surface area contributed by atoms with E-state index < -0.39 is 11.8 Å². The zero-order valence-corrected chi connectivity index (χ0v) is 25.2. The third kappa shape index (κ3) is 3.31. The molecule has 2 amide bonds. The summed E-state index contributed by atoms with van der Waals surface area (Å²) < 4.78 is 1.50. The second-order valence-corrected chi connectivity index (χ2v) is 13.0. The maximum atomic E-state index is 14.3. The second kappa shape index (κ2) is 9.10. The average Bonchev–Trinajstić information content (AvgIpc) is 3.87. The summed E-state index contributed by atoms with van der Waals surface area (Å²) in [6, 6.07) is 28.1. The molecule has 0 atom stereocenters. The van der Waals surface area contributed by atoms with E-state index in [4.69, 9.17) is 15.0 Å². The van der Waals surface area contributed by atoms with Crippen LogP contribution < -0.4 is 10.5 Å². The van der Waals surface area contributed by atoms with Crippen molar-refractivity contribution in [1.82, 2.24) is 19.4 Å². The van der Waals surface area contributed by atoms with Crippen molar-refractivity contribution in [1.29, 1.82) is 0 Å². The molecule has 0 radical (unpaired) electrons. The number of imide groups is 1. The Morgan fingerprint density at radius 3 is 1.93 bits per heavy atom. The van der Waals surface area contributed by atoms with E-state index >= 15 is 0 Å². The minimum atomic E-state index is -0.437. The number of thiophene rings is 2. The first-order valence-electron chi connectivity index (χ1n) is 14.5. The van der Waals surface area contributed by atoms with E-state index in [1.165, 1.54) is 9.30 Å². The van der Waals surface area contributed by atoms with Crippen molar-refractivity contribution in [3.05, 3.63) is 123 Å². The molecule has 0 saturated carbocycles. The predicted molar refractivity (Wildman–Crippen MR) is 182 cm³/mol. The zero-order chi connectivity index (χ0) is 30.7. The van der Waals surface area contributed by atoms with Crippen molar-refractivity contribution < 1.29 is 9.59 Å². The Bertz CT molecular complexity index is 2800. The highest BCUT2D eigenvalue weighted by atomic mass is 32.1. The molecular formula is C36H17N5O3S2. The van der Waals surface area contributed by atoms with E-state index in [0.717, 1.165) is 20.5 Å². The van der Waals surface area contributed by atoms with Gasteiger partial charge in [0.15, 0.2) is 16.9 Å². The van der Waals surface area contributed by atoms with Crippen LogP contribution in [0, 0.1) is 0 Å². The lowest BCUT2D eigenvalue weighted by atomic mass is 9.90. The highest BCUT2D eigenvalue weighted by molar-refractivity contribution is 7.14. The molecule has 0 unspecified atom stereocenters. The number of rotatable bonds is 3. The van der Waals surface area contributed by atoms with Crippen LogP contribution in [-0.4, -0.2) is 31.2 Å². The van der Waals surface area contributed by atoms with Crippen molar-refractivity contribution in [2.24, 2.45) is 0 Å². The van der Waals surface area contributed by atoms with Crippen molar-refractivity contribution >= 4 is 89.4 Å². The van der Waals surface area contributed by atoms with Crippen LogP contribution >= 0.6 is 22.7 Å². The lowest BCUT2D eigenvalue weighted by Gasteiger charge is -2.28. The molecule has 8 nitrogen and oxygen atoms in total. The summed E-state index contributed by atoms with van der Waals surface area (Å²) in [5, 5.41) is 7.93. The first-order chi connectivity index (χ1) is 22.6. The average molecular weight is 632 g/mol. The van der Waals surface area contributed by atoms with Crippen molar-refractivity contribution in [2.45, 2.75) is 0 Å². The van der Waals surface area contributed by atoms with Crippen LogP contribution in [-0.2, 0) is 0 Å². The number of amides is 2. The van der Waals surface area contributed by atoms with Crippen LogP contribution in [0.15, 0.2) is 107 Å². The van der Waals surface area contributed by atoms with Gasteiger partial charge in [0, 0.05) is 32.7 Å². The summed E-state index contributed by atoms with van der Waals surface area (Å²) in [5.41, 5.74) is 3.35. The molecule has 0 bridgehead atoms. The van der Waals surface area contributed by atoms with Crippen LogP contribution in [0.2, 0.25) is 0 Å². The zero-order valence-electron chi connectivity index (χ0n) is 23.6. The van der Waals surface area contributed by atoms with Gasteiger partial charge in [0.05, 0.1) is 15.4 Å². The molecule has 0 fully saturated rings. The fraction of sp³-hybridized carbons (Fsp3) is 0. The molecule has 0 spiro atoms. The van der Waals surface area contributed by atoms with E-state index in [2.05, 4.69) is 0 Å². The van der Waals surface area contributed by atoms with Crippen LogP contribution in [0.25, 0.3) is 70.4 Å². The van der Waals surface area contributed by atoms with Gasteiger partial charge in [0.2, 0.25) is 0 Å². The van der Waals surface area contributed by atoms with E-state index in [1.54, 1.807) is 46.9 Å². The largest absolute Gasteiger partial charge is 0.268 e. The van der Waals surface area contributed by atoms with Gasteiger partial charge in [0.1, 0.15) is 11.4 Å². The molecule has 6 heterocycles. The molecule has 10 rings (SSSR count). The Kier molecular flexibility index (Phi) is 5.04. The van der Waals surface area contributed by atoms with Gasteiger partial charge in [-0.3, -0.25) is 14.4 Å². The first kappa shape index (κ1) is 25.5. The van der Waals surface area contributed by atoms with Crippen LogP contribution in [0.3, 0.4) is 0 Å². The molecule has 0 aliphatic carbocycles. The third-order valence-corrected chi connectivity index (χ3v) is 10.5. The fourth-order valence-electron chi connectivity index (χ4n) is 6.66. The summed E-state index contributed by atoms with van der Waals surface area (Å²) in [6.45, 7) is 0. The Hall–Kier alpha value is -5.84. The van der Waals surface area contributed by atoms with Gasteiger partial charge in [-0.2, -0.15) is 0 Å². The number of imidazole rings is 1. The van der Waals surface area contributed by atoms with Gasteiger partial charge in [-0.05, 0) is 70.1 Å². The molecule has 5 aromatic heterocycles. The maximum Gasteiger partial charge on any atom is 0.266 e. The summed E-state index contributed by atoms with van der Waals surface area (Å²) in [5.74, 6) is -0.875.